The molecule has 90 valence electrons. The van der Waals surface area contributed by atoms with Crippen molar-refractivity contribution in [3.8, 4) is 5.75 Å². The summed E-state index contributed by atoms with van der Waals surface area (Å²) in [5.74, 6) is 0.526. The number of hydrogen-bond acceptors (Lipinski definition) is 5. The Morgan fingerprint density at radius 3 is 2.88 bits per heavy atom. The summed E-state index contributed by atoms with van der Waals surface area (Å²) in [6, 6.07) is 0. The molecule has 6 heteroatoms. The van der Waals surface area contributed by atoms with Crippen LogP contribution in [0.1, 0.15) is 20.3 Å². The smallest absolute Gasteiger partial charge is 0.295 e. The lowest BCUT2D eigenvalue weighted by Gasteiger charge is -2.26. The van der Waals surface area contributed by atoms with E-state index < -0.39 is 0 Å². The average Bonchev–Trinajstić information content (AvgIpc) is 2.17. The number of aromatic nitrogens is 2. The molecule has 0 aliphatic rings. The number of hydrogen-bond donors (Lipinski definition) is 3. The Morgan fingerprint density at radius 2 is 2.31 bits per heavy atom. The molecule has 1 aromatic rings. The van der Waals surface area contributed by atoms with E-state index >= 15 is 0 Å². The van der Waals surface area contributed by atoms with Gasteiger partial charge in [-0.05, 0) is 20.3 Å². The van der Waals surface area contributed by atoms with Crippen LogP contribution in [0.5, 0.6) is 5.75 Å². The zero-order valence-electron chi connectivity index (χ0n) is 9.70. The molecule has 0 spiro atoms. The molecule has 0 unspecified atom stereocenters. The minimum Gasteiger partial charge on any atom is -0.489 e. The van der Waals surface area contributed by atoms with Gasteiger partial charge in [-0.25, -0.2) is 4.98 Å². The van der Waals surface area contributed by atoms with Crippen LogP contribution in [0, 0.1) is 0 Å². The molecule has 0 aliphatic heterocycles. The molecule has 0 atom stereocenters. The van der Waals surface area contributed by atoms with Crippen molar-refractivity contribution < 1.29 is 9.84 Å². The maximum Gasteiger partial charge on any atom is 0.295 e. The first-order chi connectivity index (χ1) is 7.50. The molecule has 1 heterocycles. The third-order valence-corrected chi connectivity index (χ3v) is 2.21. The van der Waals surface area contributed by atoms with Crippen molar-refractivity contribution in [1.82, 2.24) is 9.97 Å². The molecule has 3 N–H and O–H groups in total. The highest BCUT2D eigenvalue weighted by molar-refractivity contribution is 5.49. The lowest BCUT2D eigenvalue weighted by molar-refractivity contribution is 0.260. The van der Waals surface area contributed by atoms with Gasteiger partial charge in [0.25, 0.3) is 5.56 Å². The number of rotatable bonds is 5. The Kier molecular flexibility index (Phi) is 3.89. The van der Waals surface area contributed by atoms with Gasteiger partial charge in [0.05, 0.1) is 13.4 Å². The van der Waals surface area contributed by atoms with Crippen LogP contribution in [-0.4, -0.2) is 34.3 Å². The van der Waals surface area contributed by atoms with E-state index in [1.165, 1.54) is 13.4 Å². The molecule has 0 radical (unpaired) electrons. The lowest BCUT2D eigenvalue weighted by Crippen LogP contribution is -2.33. The molecule has 0 fully saturated rings. The summed E-state index contributed by atoms with van der Waals surface area (Å²) in [5, 5.41) is 12.0. The number of H-pyrrole nitrogens is 1. The summed E-state index contributed by atoms with van der Waals surface area (Å²) in [6.45, 7) is 3.88. The highest BCUT2D eigenvalue weighted by Gasteiger charge is 2.20. The summed E-state index contributed by atoms with van der Waals surface area (Å²) >= 11 is 0. The molecule has 6 nitrogen and oxygen atoms in total. The number of ether oxygens (including phenoxy) is 1. The Labute approximate surface area is 93.7 Å². The van der Waals surface area contributed by atoms with E-state index in [1.54, 1.807) is 0 Å². The van der Waals surface area contributed by atoms with Gasteiger partial charge in [0.1, 0.15) is 0 Å². The zero-order chi connectivity index (χ0) is 12.2. The average molecular weight is 227 g/mol. The van der Waals surface area contributed by atoms with Crippen molar-refractivity contribution in [3.05, 3.63) is 16.7 Å². The van der Waals surface area contributed by atoms with Crippen LogP contribution < -0.4 is 15.6 Å². The van der Waals surface area contributed by atoms with Crippen LogP contribution in [0.15, 0.2) is 11.1 Å². The monoisotopic (exact) mass is 227 g/mol. The van der Waals surface area contributed by atoms with Crippen LogP contribution in [-0.2, 0) is 0 Å². The summed E-state index contributed by atoms with van der Waals surface area (Å²) < 4.78 is 4.97. The van der Waals surface area contributed by atoms with Gasteiger partial charge >= 0.3 is 0 Å². The fraction of sp³-hybridized carbons (Fsp3) is 0.600. The fourth-order valence-electron chi connectivity index (χ4n) is 1.33. The maximum absolute atomic E-state index is 11.4. The molecule has 0 saturated carbocycles. The third kappa shape index (κ3) is 2.96. The van der Waals surface area contributed by atoms with Gasteiger partial charge in [0.15, 0.2) is 5.82 Å². The van der Waals surface area contributed by atoms with Gasteiger partial charge in [-0.3, -0.25) is 4.79 Å². The van der Waals surface area contributed by atoms with E-state index in [1.807, 2.05) is 13.8 Å². The first-order valence-electron chi connectivity index (χ1n) is 5.01. The van der Waals surface area contributed by atoms with Crippen LogP contribution >= 0.6 is 0 Å². The molecular weight excluding hydrogens is 210 g/mol. The van der Waals surface area contributed by atoms with Gasteiger partial charge in [-0.2, -0.15) is 0 Å². The van der Waals surface area contributed by atoms with Crippen molar-refractivity contribution in [2.24, 2.45) is 0 Å². The van der Waals surface area contributed by atoms with E-state index in [9.17, 15) is 4.79 Å². The fourth-order valence-corrected chi connectivity index (χ4v) is 1.33. The van der Waals surface area contributed by atoms with Crippen molar-refractivity contribution in [1.29, 1.82) is 0 Å². The lowest BCUT2D eigenvalue weighted by atomic mass is 10.0. The Hall–Kier alpha value is -1.56. The summed E-state index contributed by atoms with van der Waals surface area (Å²) in [4.78, 5) is 17.8. The second-order valence-corrected chi connectivity index (χ2v) is 4.10. The number of nitrogens with one attached hydrogen (secondary N) is 2. The number of anilines is 1. The van der Waals surface area contributed by atoms with Crippen LogP contribution in [0.4, 0.5) is 5.82 Å². The Morgan fingerprint density at radius 1 is 1.62 bits per heavy atom. The molecule has 0 amide bonds. The van der Waals surface area contributed by atoms with Crippen molar-refractivity contribution in [3.63, 3.8) is 0 Å². The van der Waals surface area contributed by atoms with Gasteiger partial charge in [0.2, 0.25) is 5.75 Å². The van der Waals surface area contributed by atoms with Crippen LogP contribution in [0.2, 0.25) is 0 Å². The second kappa shape index (κ2) is 4.98. The topological polar surface area (TPSA) is 87.2 Å². The number of methoxy groups -OCH3 is 1. The predicted octanol–water partition coefficient (Wildman–Crippen LogP) is 0.351. The Bertz CT molecular complexity index is 401. The van der Waals surface area contributed by atoms with E-state index in [4.69, 9.17) is 9.84 Å². The zero-order valence-corrected chi connectivity index (χ0v) is 9.70. The number of nitrogens with zero attached hydrogens (tertiary/aromatic N) is 1. The molecule has 16 heavy (non-hydrogen) atoms. The van der Waals surface area contributed by atoms with Gasteiger partial charge in [-0.15, -0.1) is 0 Å². The number of aliphatic hydroxyl groups is 1. The highest BCUT2D eigenvalue weighted by Crippen LogP contribution is 2.21. The molecule has 0 bridgehead atoms. The molecule has 1 aromatic heterocycles. The summed E-state index contributed by atoms with van der Waals surface area (Å²) in [7, 11) is 1.41. The van der Waals surface area contributed by atoms with Crippen molar-refractivity contribution in [2.45, 2.75) is 25.8 Å². The standard InChI is InChI=1S/C10H17N3O3/c1-10(2,4-5-14)13-8-7(16-3)9(15)12-6-11-8/h6,14H,4-5H2,1-3H3,(H2,11,12,13,15). The first kappa shape index (κ1) is 12.5. The van der Waals surface area contributed by atoms with E-state index in [-0.39, 0.29) is 23.5 Å². The highest BCUT2D eigenvalue weighted by atomic mass is 16.5. The van der Waals surface area contributed by atoms with Gasteiger partial charge in [0, 0.05) is 12.1 Å². The molecule has 0 saturated heterocycles. The Balaban J connectivity index is 2.97. The molecular formula is C10H17N3O3. The SMILES string of the molecule is COc1c(NC(C)(C)CCO)nc[nH]c1=O. The third-order valence-electron chi connectivity index (χ3n) is 2.21. The predicted molar refractivity (Wildman–Crippen MR) is 60.8 cm³/mol. The normalized spacial score (nSPS) is 11.2. The van der Waals surface area contributed by atoms with Crippen molar-refractivity contribution in [2.75, 3.05) is 19.0 Å². The minimum atomic E-state index is -0.358. The quantitative estimate of drug-likeness (QED) is 0.675. The maximum atomic E-state index is 11.4. The molecule has 0 aromatic carbocycles. The first-order valence-corrected chi connectivity index (χ1v) is 5.01. The number of aliphatic hydroxyl groups excluding tert-OH is 1. The molecule has 1 rings (SSSR count). The van der Waals surface area contributed by atoms with Crippen molar-refractivity contribution >= 4 is 5.82 Å². The van der Waals surface area contributed by atoms with Gasteiger partial charge < -0.3 is 20.1 Å². The van der Waals surface area contributed by atoms with Crippen LogP contribution in [0.3, 0.4) is 0 Å². The minimum absolute atomic E-state index is 0.0610. The van der Waals surface area contributed by atoms with Crippen LogP contribution in [0.25, 0.3) is 0 Å². The van der Waals surface area contributed by atoms with E-state index in [2.05, 4.69) is 15.3 Å². The summed E-state index contributed by atoms with van der Waals surface area (Å²) in [5.41, 5.74) is -0.692. The number of aromatic amines is 1. The summed E-state index contributed by atoms with van der Waals surface area (Å²) in [6.07, 6.45) is 1.85. The second-order valence-electron chi connectivity index (χ2n) is 4.10. The largest absolute Gasteiger partial charge is 0.489 e. The van der Waals surface area contributed by atoms with E-state index in [0.29, 0.717) is 12.2 Å². The molecule has 0 aliphatic carbocycles. The van der Waals surface area contributed by atoms with Gasteiger partial charge in [-0.1, -0.05) is 0 Å². The van der Waals surface area contributed by atoms with E-state index in [0.717, 1.165) is 0 Å².